The van der Waals surface area contributed by atoms with Gasteiger partial charge in [-0.25, -0.2) is 0 Å². The molecule has 5 nitrogen and oxygen atoms in total. The summed E-state index contributed by atoms with van der Waals surface area (Å²) in [5.41, 5.74) is 0.00544. The van der Waals surface area contributed by atoms with E-state index in [0.717, 1.165) is 23.9 Å². The third kappa shape index (κ3) is 5.05. The Morgan fingerprint density at radius 2 is 1.62 bits per heavy atom. The first-order chi connectivity index (χ1) is 11.3. The number of piperazine rings is 1. The summed E-state index contributed by atoms with van der Waals surface area (Å²) in [5.74, 6) is -1.07. The van der Waals surface area contributed by atoms with Gasteiger partial charge in [0, 0.05) is 31.9 Å². The number of aliphatic carboxylic acids is 1. The fourth-order valence-corrected chi connectivity index (χ4v) is 3.03. The molecule has 0 atom stereocenters. The van der Waals surface area contributed by atoms with Crippen LogP contribution in [0.25, 0.3) is 0 Å². The van der Waals surface area contributed by atoms with Gasteiger partial charge in [-0.15, -0.1) is 11.8 Å². The van der Waals surface area contributed by atoms with Crippen molar-refractivity contribution in [3.63, 3.8) is 0 Å². The number of halogens is 3. The lowest BCUT2D eigenvalue weighted by molar-refractivity contribution is -0.137. The molecule has 0 spiro atoms. The standard InChI is InChI=1S/C15H17F3N2O3S/c16-15(17,18)11-1-3-12(4-2-11)19-5-7-20(8-6-19)13(21)9-24-10-14(22)23/h1-4H,5-10H2,(H,22,23). The van der Waals surface area contributed by atoms with Crippen molar-refractivity contribution in [2.75, 3.05) is 42.6 Å². The summed E-state index contributed by atoms with van der Waals surface area (Å²) in [5, 5.41) is 8.54. The van der Waals surface area contributed by atoms with E-state index in [1.165, 1.54) is 12.1 Å². The first-order valence-corrected chi connectivity index (χ1v) is 8.42. The smallest absolute Gasteiger partial charge is 0.416 e. The number of hydrogen-bond donors (Lipinski definition) is 1. The number of benzene rings is 1. The summed E-state index contributed by atoms with van der Waals surface area (Å²) in [6.45, 7) is 1.99. The van der Waals surface area contributed by atoms with Crippen molar-refractivity contribution < 1.29 is 27.9 Å². The molecule has 1 heterocycles. The average Bonchev–Trinajstić information content (AvgIpc) is 2.54. The monoisotopic (exact) mass is 362 g/mol. The van der Waals surface area contributed by atoms with Gasteiger partial charge in [0.1, 0.15) is 0 Å². The maximum absolute atomic E-state index is 12.6. The van der Waals surface area contributed by atoms with E-state index in [1.54, 1.807) is 4.90 Å². The molecule has 0 unspecified atom stereocenters. The number of rotatable bonds is 5. The fraction of sp³-hybridized carbons (Fsp3) is 0.467. The van der Waals surface area contributed by atoms with Crippen molar-refractivity contribution in [1.29, 1.82) is 0 Å². The van der Waals surface area contributed by atoms with Crippen molar-refractivity contribution in [3.8, 4) is 0 Å². The Kier molecular flexibility index (Phi) is 5.98. The second-order valence-electron chi connectivity index (χ2n) is 5.30. The Balaban J connectivity index is 1.84. The molecule has 1 aromatic rings. The van der Waals surface area contributed by atoms with Crippen LogP contribution in [-0.2, 0) is 15.8 Å². The van der Waals surface area contributed by atoms with Gasteiger partial charge >= 0.3 is 12.1 Å². The molecule has 0 aliphatic carbocycles. The van der Waals surface area contributed by atoms with Gasteiger partial charge in [-0.05, 0) is 24.3 Å². The second kappa shape index (κ2) is 7.78. The predicted octanol–water partition coefficient (Wildman–Crippen LogP) is 2.17. The minimum atomic E-state index is -4.35. The van der Waals surface area contributed by atoms with Crippen LogP contribution in [0, 0.1) is 0 Å². The number of carbonyl (C=O) groups is 2. The van der Waals surface area contributed by atoms with Gasteiger partial charge in [-0.1, -0.05) is 0 Å². The quantitative estimate of drug-likeness (QED) is 0.870. The zero-order valence-electron chi connectivity index (χ0n) is 12.8. The molecule has 0 aromatic heterocycles. The third-order valence-electron chi connectivity index (χ3n) is 3.64. The normalized spacial score (nSPS) is 15.5. The molecule has 1 N–H and O–H groups in total. The van der Waals surface area contributed by atoms with Crippen molar-refractivity contribution in [2.45, 2.75) is 6.18 Å². The molecule has 1 aromatic carbocycles. The maximum atomic E-state index is 12.6. The van der Waals surface area contributed by atoms with Crippen LogP contribution in [0.2, 0.25) is 0 Å². The molecule has 1 aliphatic rings. The highest BCUT2D eigenvalue weighted by molar-refractivity contribution is 8.00. The number of carbonyl (C=O) groups excluding carboxylic acids is 1. The van der Waals surface area contributed by atoms with Gasteiger partial charge in [-0.3, -0.25) is 9.59 Å². The van der Waals surface area contributed by atoms with Crippen LogP contribution >= 0.6 is 11.8 Å². The minimum absolute atomic E-state index is 0.114. The van der Waals surface area contributed by atoms with Gasteiger partial charge in [0.2, 0.25) is 5.91 Å². The summed E-state index contributed by atoms with van der Waals surface area (Å²) < 4.78 is 37.7. The van der Waals surface area contributed by atoms with Crippen molar-refractivity contribution in [3.05, 3.63) is 29.8 Å². The van der Waals surface area contributed by atoms with Crippen molar-refractivity contribution in [1.82, 2.24) is 4.90 Å². The van der Waals surface area contributed by atoms with Gasteiger partial charge in [-0.2, -0.15) is 13.2 Å². The molecule has 1 amide bonds. The minimum Gasteiger partial charge on any atom is -0.481 e. The Morgan fingerprint density at radius 3 is 2.12 bits per heavy atom. The van der Waals surface area contributed by atoms with E-state index in [1.807, 2.05) is 4.90 Å². The zero-order chi connectivity index (χ0) is 17.7. The lowest BCUT2D eigenvalue weighted by atomic mass is 10.1. The van der Waals surface area contributed by atoms with Crippen LogP contribution in [0.1, 0.15) is 5.56 Å². The molecule has 1 saturated heterocycles. The first-order valence-electron chi connectivity index (χ1n) is 7.27. The van der Waals surface area contributed by atoms with Crippen molar-refractivity contribution >= 4 is 29.3 Å². The summed E-state index contributed by atoms with van der Waals surface area (Å²) in [4.78, 5) is 25.9. The molecule has 0 bridgehead atoms. The first kappa shape index (κ1) is 18.4. The van der Waals surface area contributed by atoms with Gasteiger partial charge in [0.25, 0.3) is 0 Å². The van der Waals surface area contributed by atoms with E-state index in [0.29, 0.717) is 31.9 Å². The SMILES string of the molecule is O=C(O)CSCC(=O)N1CCN(c2ccc(C(F)(F)F)cc2)CC1. The van der Waals surface area contributed by atoms with E-state index < -0.39 is 17.7 Å². The maximum Gasteiger partial charge on any atom is 0.416 e. The summed E-state index contributed by atoms with van der Waals surface area (Å²) >= 11 is 1.05. The number of nitrogens with zero attached hydrogens (tertiary/aromatic N) is 2. The molecule has 24 heavy (non-hydrogen) atoms. The fourth-order valence-electron chi connectivity index (χ4n) is 2.39. The lowest BCUT2D eigenvalue weighted by Crippen LogP contribution is -2.49. The second-order valence-corrected chi connectivity index (χ2v) is 6.28. The summed E-state index contributed by atoms with van der Waals surface area (Å²) in [6, 6.07) is 4.97. The Bertz CT molecular complexity index is 585. The van der Waals surface area contributed by atoms with Gasteiger partial charge in [0.05, 0.1) is 17.1 Å². The molecule has 132 valence electrons. The van der Waals surface area contributed by atoms with E-state index >= 15 is 0 Å². The Labute approximate surface area is 141 Å². The van der Waals surface area contributed by atoms with E-state index in [-0.39, 0.29) is 17.4 Å². The van der Waals surface area contributed by atoms with Crippen LogP contribution in [0.5, 0.6) is 0 Å². The van der Waals surface area contributed by atoms with E-state index in [9.17, 15) is 22.8 Å². The molecular weight excluding hydrogens is 345 g/mol. The molecule has 1 fully saturated rings. The number of anilines is 1. The van der Waals surface area contributed by atoms with E-state index in [2.05, 4.69) is 0 Å². The molecule has 2 rings (SSSR count). The number of hydrogen-bond acceptors (Lipinski definition) is 4. The largest absolute Gasteiger partial charge is 0.481 e. The van der Waals surface area contributed by atoms with Crippen LogP contribution < -0.4 is 4.90 Å². The third-order valence-corrected chi connectivity index (χ3v) is 4.55. The average molecular weight is 362 g/mol. The summed E-state index contributed by atoms with van der Waals surface area (Å²) in [7, 11) is 0. The predicted molar refractivity (Wildman–Crippen MR) is 85.2 cm³/mol. The van der Waals surface area contributed by atoms with Crippen molar-refractivity contribution in [2.24, 2.45) is 0 Å². The topological polar surface area (TPSA) is 60.9 Å². The molecular formula is C15H17F3N2O3S. The Morgan fingerprint density at radius 1 is 1.04 bits per heavy atom. The van der Waals surface area contributed by atoms with Crippen LogP contribution in [0.3, 0.4) is 0 Å². The number of carboxylic acid groups (broad SMARTS) is 1. The highest BCUT2D eigenvalue weighted by Gasteiger charge is 2.30. The number of alkyl halides is 3. The van der Waals surface area contributed by atoms with Gasteiger partial charge in [0.15, 0.2) is 0 Å². The molecule has 1 aliphatic heterocycles. The lowest BCUT2D eigenvalue weighted by Gasteiger charge is -2.36. The highest BCUT2D eigenvalue weighted by Crippen LogP contribution is 2.30. The number of amides is 1. The number of carboxylic acids is 1. The van der Waals surface area contributed by atoms with E-state index in [4.69, 9.17) is 5.11 Å². The van der Waals surface area contributed by atoms with Crippen LogP contribution in [-0.4, -0.2) is 59.6 Å². The molecule has 9 heteroatoms. The van der Waals surface area contributed by atoms with Crippen LogP contribution in [0.15, 0.2) is 24.3 Å². The highest BCUT2D eigenvalue weighted by atomic mass is 32.2. The molecule has 0 radical (unpaired) electrons. The Hall–Kier alpha value is -1.90. The zero-order valence-corrected chi connectivity index (χ0v) is 13.6. The molecule has 0 saturated carbocycles. The number of thioether (sulfide) groups is 1. The van der Waals surface area contributed by atoms with Crippen LogP contribution in [0.4, 0.5) is 18.9 Å². The van der Waals surface area contributed by atoms with Gasteiger partial charge < -0.3 is 14.9 Å². The summed E-state index contributed by atoms with van der Waals surface area (Å²) in [6.07, 6.45) is -4.35.